The molecule has 2 heterocycles. The minimum Gasteiger partial charge on any atom is -0.462 e. The maximum absolute atomic E-state index is 13.9. The first-order chi connectivity index (χ1) is 19.4. The number of hydrogen-bond acceptors (Lipinski definition) is 11. The second kappa shape index (κ2) is 14.3. The van der Waals surface area contributed by atoms with Crippen molar-refractivity contribution in [1.82, 2.24) is 0 Å². The molecule has 0 amide bonds. The van der Waals surface area contributed by atoms with Crippen molar-refractivity contribution in [1.29, 1.82) is 0 Å². The summed E-state index contributed by atoms with van der Waals surface area (Å²) in [6.45, 7) is 8.51. The van der Waals surface area contributed by atoms with Gasteiger partial charge in [0.2, 0.25) is 0 Å². The first-order valence-corrected chi connectivity index (χ1v) is 13.3. The average molecular weight is 573 g/mol. The Morgan fingerprint density at radius 2 is 1.73 bits per heavy atom. The third kappa shape index (κ3) is 8.91. The molecule has 0 spiro atoms. The van der Waals surface area contributed by atoms with E-state index >= 15 is 0 Å². The van der Waals surface area contributed by atoms with Crippen LogP contribution in [0.4, 0.5) is 0 Å². The van der Waals surface area contributed by atoms with Crippen LogP contribution in [-0.4, -0.2) is 78.3 Å². The van der Waals surface area contributed by atoms with Crippen LogP contribution in [0.5, 0.6) is 0 Å². The van der Waals surface area contributed by atoms with Crippen molar-refractivity contribution < 1.29 is 52.4 Å². The van der Waals surface area contributed by atoms with Crippen molar-refractivity contribution in [3.8, 4) is 0 Å². The number of carbonyl (C=O) groups is 5. The quantitative estimate of drug-likeness (QED) is 0.196. The molecule has 0 N–H and O–H groups in total. The zero-order valence-electron chi connectivity index (χ0n) is 23.6. The van der Waals surface area contributed by atoms with Gasteiger partial charge in [0.05, 0.1) is 18.8 Å². The van der Waals surface area contributed by atoms with E-state index in [0.717, 1.165) is 12.5 Å². The molecule has 11 nitrogen and oxygen atoms in total. The molecule has 0 saturated carbocycles. The van der Waals surface area contributed by atoms with Crippen LogP contribution < -0.4 is 0 Å². The van der Waals surface area contributed by atoms with Crippen molar-refractivity contribution in [2.24, 2.45) is 0 Å². The van der Waals surface area contributed by atoms with Gasteiger partial charge in [0, 0.05) is 27.2 Å². The van der Waals surface area contributed by atoms with Crippen LogP contribution in [0.15, 0.2) is 55.1 Å². The fourth-order valence-corrected chi connectivity index (χ4v) is 4.78. The van der Waals surface area contributed by atoms with Crippen LogP contribution in [0, 0.1) is 0 Å². The Labute approximate surface area is 238 Å². The van der Waals surface area contributed by atoms with Crippen LogP contribution in [0.1, 0.15) is 46.1 Å². The Balaban J connectivity index is 1.94. The maximum atomic E-state index is 13.9. The first kappa shape index (κ1) is 31.9. The van der Waals surface area contributed by atoms with Gasteiger partial charge in [-0.15, -0.1) is 6.58 Å². The highest BCUT2D eigenvalue weighted by atomic mass is 16.6. The number of esters is 3. The van der Waals surface area contributed by atoms with E-state index in [1.165, 1.54) is 26.8 Å². The van der Waals surface area contributed by atoms with E-state index in [1.807, 2.05) is 30.3 Å². The normalized spacial score (nSPS) is 26.1. The van der Waals surface area contributed by atoms with Gasteiger partial charge in [-0.1, -0.05) is 42.5 Å². The molecule has 1 aromatic rings. The average Bonchev–Trinajstić information content (AvgIpc) is 3.20. The molecule has 0 aliphatic carbocycles. The number of carbonyl (C=O) groups excluding carboxylic acids is 5. The van der Waals surface area contributed by atoms with Crippen LogP contribution in [0.25, 0.3) is 0 Å². The number of rotatable bonds is 13. The fraction of sp³-hybridized carbons (Fsp3) is 0.500. The standard InChI is InChI=1S/C30H36O11/c1-6-10-22-13-14-23(34)26(39-22)29(38-19(3)32)28-25(35)27(36-16-21-11-8-7-9-12-21)24(40-28)15-30(5,41-20(4)33)17-37-18(2)31/h6-9,11-14,22,24,26-29H,1,10,15-17H2,2-5H3/t22?,24?,26?,27-,28?,29+,30?/m0/s1. The minimum atomic E-state index is -1.44. The number of benzene rings is 1. The zero-order valence-corrected chi connectivity index (χ0v) is 23.6. The lowest BCUT2D eigenvalue weighted by molar-refractivity contribution is -0.184. The lowest BCUT2D eigenvalue weighted by Gasteiger charge is -2.33. The Morgan fingerprint density at radius 1 is 1.02 bits per heavy atom. The van der Waals surface area contributed by atoms with Crippen LogP contribution >= 0.6 is 0 Å². The van der Waals surface area contributed by atoms with Crippen molar-refractivity contribution >= 4 is 29.5 Å². The van der Waals surface area contributed by atoms with E-state index in [1.54, 1.807) is 12.2 Å². The Kier molecular flexibility index (Phi) is 11.1. The lowest BCUT2D eigenvalue weighted by atomic mass is 9.93. The molecule has 1 saturated heterocycles. The predicted octanol–water partition coefficient (Wildman–Crippen LogP) is 2.58. The Morgan fingerprint density at radius 3 is 2.34 bits per heavy atom. The van der Waals surface area contributed by atoms with E-state index in [-0.39, 0.29) is 19.6 Å². The third-order valence-corrected chi connectivity index (χ3v) is 6.47. The lowest BCUT2D eigenvalue weighted by Crippen LogP contribution is -2.51. The number of ketones is 2. The second-order valence-corrected chi connectivity index (χ2v) is 10.2. The minimum absolute atomic E-state index is 0.0410. The summed E-state index contributed by atoms with van der Waals surface area (Å²) >= 11 is 0. The largest absolute Gasteiger partial charge is 0.462 e. The summed E-state index contributed by atoms with van der Waals surface area (Å²) in [5, 5.41) is 0. The maximum Gasteiger partial charge on any atom is 0.303 e. The summed E-state index contributed by atoms with van der Waals surface area (Å²) in [5.74, 6) is -3.06. The van der Waals surface area contributed by atoms with Gasteiger partial charge >= 0.3 is 17.9 Å². The molecule has 0 aromatic heterocycles. The molecule has 2 aliphatic heterocycles. The molecule has 1 fully saturated rings. The van der Waals surface area contributed by atoms with Crippen LogP contribution in [0.2, 0.25) is 0 Å². The van der Waals surface area contributed by atoms with Crippen molar-refractivity contribution in [3.63, 3.8) is 0 Å². The van der Waals surface area contributed by atoms with E-state index in [4.69, 9.17) is 28.4 Å². The number of Topliss-reactive ketones (excluding diaryl/α,β-unsaturated/α-hetero) is 1. The Hall–Kier alpha value is -3.67. The highest BCUT2D eigenvalue weighted by Gasteiger charge is 2.54. The van der Waals surface area contributed by atoms with Crippen molar-refractivity contribution in [2.75, 3.05) is 6.61 Å². The van der Waals surface area contributed by atoms with Crippen molar-refractivity contribution in [2.45, 2.75) is 89.4 Å². The summed E-state index contributed by atoms with van der Waals surface area (Å²) < 4.78 is 34.2. The Bertz CT molecular complexity index is 1160. The van der Waals surface area contributed by atoms with Crippen LogP contribution in [0.3, 0.4) is 0 Å². The molecular formula is C30H36O11. The molecule has 7 atom stereocenters. The number of hydrogen-bond donors (Lipinski definition) is 0. The van der Waals surface area contributed by atoms with E-state index in [2.05, 4.69) is 6.58 Å². The second-order valence-electron chi connectivity index (χ2n) is 10.2. The molecule has 222 valence electrons. The summed E-state index contributed by atoms with van der Waals surface area (Å²) in [5.41, 5.74) is -0.609. The highest BCUT2D eigenvalue weighted by Crippen LogP contribution is 2.34. The summed E-state index contributed by atoms with van der Waals surface area (Å²) in [7, 11) is 0. The van der Waals surface area contributed by atoms with E-state index in [0.29, 0.717) is 6.42 Å². The SMILES string of the molecule is C=CCC1C=CC(=O)C([C@@H](OC(C)=O)C2OC(CC(C)(COC(C)=O)OC(C)=O)[C@H](OCc3ccccc3)C2=O)O1. The topological polar surface area (TPSA) is 141 Å². The van der Waals surface area contributed by atoms with Gasteiger partial charge in [-0.2, -0.15) is 0 Å². The summed E-state index contributed by atoms with van der Waals surface area (Å²) in [4.78, 5) is 62.3. The van der Waals surface area contributed by atoms with Crippen LogP contribution in [-0.2, 0) is 59.0 Å². The summed E-state index contributed by atoms with van der Waals surface area (Å²) in [6, 6.07) is 9.11. The molecular weight excluding hydrogens is 536 g/mol. The zero-order chi connectivity index (χ0) is 30.2. The molecule has 11 heteroatoms. The van der Waals surface area contributed by atoms with Gasteiger partial charge in [-0.3, -0.25) is 24.0 Å². The van der Waals surface area contributed by atoms with E-state index < -0.39 is 71.7 Å². The smallest absolute Gasteiger partial charge is 0.303 e. The van der Waals surface area contributed by atoms with Gasteiger partial charge in [0.25, 0.3) is 0 Å². The molecule has 3 rings (SSSR count). The molecule has 1 aromatic carbocycles. The first-order valence-electron chi connectivity index (χ1n) is 13.3. The van der Waals surface area contributed by atoms with Gasteiger partial charge in [0.1, 0.15) is 18.3 Å². The molecule has 0 bridgehead atoms. The molecule has 41 heavy (non-hydrogen) atoms. The van der Waals surface area contributed by atoms with Gasteiger partial charge in [0.15, 0.2) is 29.9 Å². The van der Waals surface area contributed by atoms with Gasteiger partial charge < -0.3 is 28.4 Å². The molecule has 5 unspecified atom stereocenters. The monoisotopic (exact) mass is 572 g/mol. The predicted molar refractivity (Wildman–Crippen MR) is 143 cm³/mol. The highest BCUT2D eigenvalue weighted by molar-refractivity contribution is 5.97. The van der Waals surface area contributed by atoms with Crippen molar-refractivity contribution in [3.05, 3.63) is 60.7 Å². The van der Waals surface area contributed by atoms with Gasteiger partial charge in [-0.05, 0) is 25.0 Å². The number of ether oxygens (including phenoxy) is 6. The summed E-state index contributed by atoms with van der Waals surface area (Å²) in [6.07, 6.45) is -2.19. The molecule has 2 aliphatic rings. The third-order valence-electron chi connectivity index (χ3n) is 6.47. The van der Waals surface area contributed by atoms with E-state index in [9.17, 15) is 24.0 Å². The fourth-order valence-electron chi connectivity index (χ4n) is 4.78. The molecule has 0 radical (unpaired) electrons. The van der Waals surface area contributed by atoms with Gasteiger partial charge in [-0.25, -0.2) is 0 Å².